The van der Waals surface area contributed by atoms with Gasteiger partial charge in [-0.2, -0.15) is 0 Å². The maximum Gasteiger partial charge on any atom is 0.0346 e. The zero-order valence-corrected chi connectivity index (χ0v) is 7.72. The lowest BCUT2D eigenvalue weighted by molar-refractivity contribution is 1.05. The van der Waals surface area contributed by atoms with E-state index in [-0.39, 0.29) is 0 Å². The fourth-order valence-electron chi connectivity index (χ4n) is 1.39. The van der Waals surface area contributed by atoms with Crippen LogP contribution in [0.5, 0.6) is 0 Å². The maximum atomic E-state index is 5.63. The molecule has 0 saturated heterocycles. The van der Waals surface area contributed by atoms with Crippen molar-refractivity contribution in [2.45, 2.75) is 6.54 Å². The molecule has 0 radical (unpaired) electrons. The van der Waals surface area contributed by atoms with E-state index >= 15 is 0 Å². The molecule has 0 bridgehead atoms. The first-order chi connectivity index (χ1) is 6.92. The van der Waals surface area contributed by atoms with E-state index in [2.05, 4.69) is 9.97 Å². The number of aromatic nitrogens is 2. The van der Waals surface area contributed by atoms with Crippen LogP contribution >= 0.6 is 0 Å². The van der Waals surface area contributed by atoms with E-state index in [9.17, 15) is 0 Å². The highest BCUT2D eigenvalue weighted by atomic mass is 14.6. The first-order valence-corrected chi connectivity index (χ1v) is 4.45. The third-order valence-corrected chi connectivity index (χ3v) is 2.10. The van der Waals surface area contributed by atoms with Crippen LogP contribution in [0, 0.1) is 0 Å². The molecule has 3 heteroatoms. The lowest BCUT2D eigenvalue weighted by atomic mass is 10.0. The Labute approximate surface area is 82.6 Å². The fourth-order valence-corrected chi connectivity index (χ4v) is 1.39. The lowest BCUT2D eigenvalue weighted by Crippen LogP contribution is -1.99. The van der Waals surface area contributed by atoms with Gasteiger partial charge >= 0.3 is 0 Å². The molecule has 0 unspecified atom stereocenters. The summed E-state index contributed by atoms with van der Waals surface area (Å²) in [7, 11) is 0. The Morgan fingerprint density at radius 2 is 1.93 bits per heavy atom. The molecular weight excluding hydrogens is 174 g/mol. The van der Waals surface area contributed by atoms with Crippen LogP contribution in [-0.2, 0) is 6.54 Å². The maximum absolute atomic E-state index is 5.63. The third kappa shape index (κ3) is 1.63. The van der Waals surface area contributed by atoms with Gasteiger partial charge in [-0.3, -0.25) is 9.97 Å². The summed E-state index contributed by atoms with van der Waals surface area (Å²) >= 11 is 0. The number of pyridine rings is 2. The van der Waals surface area contributed by atoms with Crippen molar-refractivity contribution in [3.8, 4) is 11.1 Å². The van der Waals surface area contributed by atoms with Gasteiger partial charge in [-0.15, -0.1) is 0 Å². The van der Waals surface area contributed by atoms with Gasteiger partial charge in [0, 0.05) is 36.9 Å². The molecule has 3 nitrogen and oxygen atoms in total. The minimum absolute atomic E-state index is 0.498. The van der Waals surface area contributed by atoms with Crippen molar-refractivity contribution in [2.75, 3.05) is 0 Å². The standard InChI is InChI=1S/C11H11N3/c12-6-10-8-14-5-3-11(10)9-2-1-4-13-7-9/h1-5,7-8H,6,12H2. The van der Waals surface area contributed by atoms with Gasteiger partial charge in [0.2, 0.25) is 0 Å². The Bertz CT molecular complexity index is 412. The Balaban J connectivity index is 2.51. The molecule has 0 aliphatic carbocycles. The molecule has 0 spiro atoms. The van der Waals surface area contributed by atoms with Crippen molar-refractivity contribution in [1.82, 2.24) is 9.97 Å². The minimum atomic E-state index is 0.498. The molecule has 2 rings (SSSR count). The van der Waals surface area contributed by atoms with Gasteiger partial charge in [0.1, 0.15) is 0 Å². The molecule has 0 fully saturated rings. The third-order valence-electron chi connectivity index (χ3n) is 2.10. The van der Waals surface area contributed by atoms with Crippen LogP contribution in [0.1, 0.15) is 5.56 Å². The molecule has 0 atom stereocenters. The number of nitrogens with zero attached hydrogens (tertiary/aromatic N) is 2. The molecule has 0 amide bonds. The average molecular weight is 185 g/mol. The summed E-state index contributed by atoms with van der Waals surface area (Å²) in [5, 5.41) is 0. The zero-order chi connectivity index (χ0) is 9.80. The molecule has 2 N–H and O–H groups in total. The molecule has 0 saturated carbocycles. The largest absolute Gasteiger partial charge is 0.326 e. The number of hydrogen-bond acceptors (Lipinski definition) is 3. The predicted molar refractivity (Wildman–Crippen MR) is 55.4 cm³/mol. The van der Waals surface area contributed by atoms with Crippen molar-refractivity contribution >= 4 is 0 Å². The summed E-state index contributed by atoms with van der Waals surface area (Å²) in [6.07, 6.45) is 7.14. The Morgan fingerprint density at radius 1 is 1.07 bits per heavy atom. The van der Waals surface area contributed by atoms with Gasteiger partial charge in [0.05, 0.1) is 0 Å². The summed E-state index contributed by atoms with van der Waals surface area (Å²) in [5.41, 5.74) is 8.86. The van der Waals surface area contributed by atoms with Gasteiger partial charge in [0.25, 0.3) is 0 Å². The predicted octanol–water partition coefficient (Wildman–Crippen LogP) is 1.60. The summed E-state index contributed by atoms with van der Waals surface area (Å²) in [6.45, 7) is 0.498. The SMILES string of the molecule is NCc1cnccc1-c1cccnc1. The molecule has 70 valence electrons. The summed E-state index contributed by atoms with van der Waals surface area (Å²) in [6, 6.07) is 5.89. The highest BCUT2D eigenvalue weighted by Crippen LogP contribution is 2.20. The van der Waals surface area contributed by atoms with Gasteiger partial charge in [-0.05, 0) is 23.3 Å². The van der Waals surface area contributed by atoms with Crippen LogP contribution in [0.25, 0.3) is 11.1 Å². The second-order valence-corrected chi connectivity index (χ2v) is 2.98. The van der Waals surface area contributed by atoms with Gasteiger partial charge in [-0.25, -0.2) is 0 Å². The summed E-state index contributed by atoms with van der Waals surface area (Å²) < 4.78 is 0. The number of hydrogen-bond donors (Lipinski definition) is 1. The van der Waals surface area contributed by atoms with Gasteiger partial charge in [-0.1, -0.05) is 6.07 Å². The Hall–Kier alpha value is -1.74. The van der Waals surface area contributed by atoms with Crippen LogP contribution in [-0.4, -0.2) is 9.97 Å². The quantitative estimate of drug-likeness (QED) is 0.773. The highest BCUT2D eigenvalue weighted by Gasteiger charge is 2.02. The highest BCUT2D eigenvalue weighted by molar-refractivity contribution is 5.65. The van der Waals surface area contributed by atoms with Crippen LogP contribution < -0.4 is 5.73 Å². The number of rotatable bonds is 2. The van der Waals surface area contributed by atoms with Crippen LogP contribution in [0.4, 0.5) is 0 Å². The molecular formula is C11H11N3. The molecule has 2 aromatic rings. The minimum Gasteiger partial charge on any atom is -0.326 e. The van der Waals surface area contributed by atoms with E-state index in [0.717, 1.165) is 16.7 Å². The molecule has 2 aromatic heterocycles. The van der Waals surface area contributed by atoms with Crippen molar-refractivity contribution in [2.24, 2.45) is 5.73 Å². The van der Waals surface area contributed by atoms with Gasteiger partial charge in [0.15, 0.2) is 0 Å². The van der Waals surface area contributed by atoms with E-state index in [1.807, 2.05) is 24.4 Å². The smallest absolute Gasteiger partial charge is 0.0346 e. The second-order valence-electron chi connectivity index (χ2n) is 2.98. The monoisotopic (exact) mass is 185 g/mol. The number of nitrogens with two attached hydrogens (primary N) is 1. The topological polar surface area (TPSA) is 51.8 Å². The van der Waals surface area contributed by atoms with Crippen LogP contribution in [0.2, 0.25) is 0 Å². The normalized spacial score (nSPS) is 10.1. The second kappa shape index (κ2) is 3.98. The van der Waals surface area contributed by atoms with E-state index in [0.29, 0.717) is 6.54 Å². The van der Waals surface area contributed by atoms with Crippen molar-refractivity contribution < 1.29 is 0 Å². The van der Waals surface area contributed by atoms with Crippen molar-refractivity contribution in [1.29, 1.82) is 0 Å². The van der Waals surface area contributed by atoms with E-state index in [1.54, 1.807) is 18.6 Å². The summed E-state index contributed by atoms with van der Waals surface area (Å²) in [5.74, 6) is 0. The molecule has 14 heavy (non-hydrogen) atoms. The van der Waals surface area contributed by atoms with E-state index in [4.69, 9.17) is 5.73 Å². The lowest BCUT2D eigenvalue weighted by Gasteiger charge is -2.05. The zero-order valence-electron chi connectivity index (χ0n) is 7.72. The Morgan fingerprint density at radius 3 is 2.64 bits per heavy atom. The molecule has 0 aliphatic rings. The van der Waals surface area contributed by atoms with Crippen LogP contribution in [0.15, 0.2) is 43.0 Å². The average Bonchev–Trinajstić information content (AvgIpc) is 2.30. The van der Waals surface area contributed by atoms with E-state index in [1.165, 1.54) is 0 Å². The first kappa shape index (κ1) is 8.84. The summed E-state index contributed by atoms with van der Waals surface area (Å²) in [4.78, 5) is 8.12. The Kier molecular flexibility index (Phi) is 2.51. The molecule has 2 heterocycles. The molecule has 0 aromatic carbocycles. The van der Waals surface area contributed by atoms with E-state index < -0.39 is 0 Å². The van der Waals surface area contributed by atoms with Gasteiger partial charge < -0.3 is 5.73 Å². The van der Waals surface area contributed by atoms with Crippen molar-refractivity contribution in [3.05, 3.63) is 48.5 Å². The van der Waals surface area contributed by atoms with Crippen molar-refractivity contribution in [3.63, 3.8) is 0 Å². The fraction of sp³-hybridized carbons (Fsp3) is 0.0909. The first-order valence-electron chi connectivity index (χ1n) is 4.45. The van der Waals surface area contributed by atoms with Crippen LogP contribution in [0.3, 0.4) is 0 Å². The molecule has 0 aliphatic heterocycles.